The third-order valence-electron chi connectivity index (χ3n) is 2.61. The third-order valence-corrected chi connectivity index (χ3v) is 2.61. The summed E-state index contributed by atoms with van der Waals surface area (Å²) in [4.78, 5) is 0. The van der Waals surface area contributed by atoms with E-state index in [2.05, 4.69) is 5.10 Å². The summed E-state index contributed by atoms with van der Waals surface area (Å²) < 4.78 is 12.7. The number of ether oxygens (including phenoxy) is 2. The molecule has 0 aliphatic heterocycles. The lowest BCUT2D eigenvalue weighted by Gasteiger charge is -2.08. The summed E-state index contributed by atoms with van der Waals surface area (Å²) in [6.45, 7) is 2.46. The zero-order valence-electron chi connectivity index (χ0n) is 10.3. The topological polar surface area (TPSA) is 36.3 Å². The first-order chi connectivity index (χ1) is 8.20. The summed E-state index contributed by atoms with van der Waals surface area (Å²) in [5.41, 5.74) is 2.03. The molecule has 0 saturated heterocycles. The van der Waals surface area contributed by atoms with Gasteiger partial charge in [-0.3, -0.25) is 4.68 Å². The largest absolute Gasteiger partial charge is 0.493 e. The van der Waals surface area contributed by atoms with Gasteiger partial charge >= 0.3 is 0 Å². The Bertz CT molecular complexity index is 486. The van der Waals surface area contributed by atoms with Gasteiger partial charge in [0, 0.05) is 12.7 Å². The van der Waals surface area contributed by atoms with E-state index in [-0.39, 0.29) is 0 Å². The molecule has 0 fully saturated rings. The Morgan fingerprint density at radius 2 is 1.94 bits per heavy atom. The number of nitrogens with zero attached hydrogens (tertiary/aromatic N) is 2. The highest BCUT2D eigenvalue weighted by atomic mass is 16.5. The second-order valence-corrected chi connectivity index (χ2v) is 3.84. The Hall–Kier alpha value is -1.97. The van der Waals surface area contributed by atoms with Gasteiger partial charge in [0.05, 0.1) is 7.11 Å². The van der Waals surface area contributed by atoms with Crippen molar-refractivity contribution in [3.63, 3.8) is 0 Å². The highest BCUT2D eigenvalue weighted by molar-refractivity contribution is 5.39. The smallest absolute Gasteiger partial charge is 0.161 e. The van der Waals surface area contributed by atoms with E-state index in [1.807, 2.05) is 49.0 Å². The van der Waals surface area contributed by atoms with E-state index in [4.69, 9.17) is 9.47 Å². The molecule has 4 nitrogen and oxygen atoms in total. The quantitative estimate of drug-likeness (QED) is 0.811. The van der Waals surface area contributed by atoms with Crippen molar-refractivity contribution >= 4 is 0 Å². The van der Waals surface area contributed by atoms with Crippen LogP contribution in [0, 0.1) is 6.92 Å². The van der Waals surface area contributed by atoms with E-state index in [9.17, 15) is 0 Å². The zero-order valence-corrected chi connectivity index (χ0v) is 10.3. The number of hydrogen-bond donors (Lipinski definition) is 0. The monoisotopic (exact) mass is 232 g/mol. The second-order valence-electron chi connectivity index (χ2n) is 3.84. The molecule has 0 saturated carbocycles. The maximum atomic E-state index is 5.68. The summed E-state index contributed by atoms with van der Waals surface area (Å²) >= 11 is 0. The van der Waals surface area contributed by atoms with Crippen molar-refractivity contribution in [2.45, 2.75) is 13.5 Å². The van der Waals surface area contributed by atoms with Crippen molar-refractivity contribution in [2.24, 2.45) is 7.05 Å². The molecule has 2 rings (SSSR count). The molecular formula is C13H16N2O2. The van der Waals surface area contributed by atoms with Crippen LogP contribution in [0.1, 0.15) is 11.4 Å². The molecule has 0 atom stereocenters. The molecule has 0 aliphatic rings. The van der Waals surface area contributed by atoms with Gasteiger partial charge in [0.1, 0.15) is 12.3 Å². The number of para-hydroxylation sites is 2. The van der Waals surface area contributed by atoms with Crippen molar-refractivity contribution in [2.75, 3.05) is 7.11 Å². The van der Waals surface area contributed by atoms with Gasteiger partial charge in [0.15, 0.2) is 11.5 Å². The van der Waals surface area contributed by atoms with Crippen molar-refractivity contribution in [3.05, 3.63) is 41.7 Å². The first-order valence-corrected chi connectivity index (χ1v) is 5.46. The Balaban J connectivity index is 2.07. The first kappa shape index (κ1) is 11.5. The lowest BCUT2D eigenvalue weighted by atomic mass is 10.3. The molecule has 2 aromatic rings. The molecule has 17 heavy (non-hydrogen) atoms. The van der Waals surface area contributed by atoms with Gasteiger partial charge in [0.25, 0.3) is 0 Å². The van der Waals surface area contributed by atoms with Crippen LogP contribution >= 0.6 is 0 Å². The van der Waals surface area contributed by atoms with Crippen molar-refractivity contribution in [1.29, 1.82) is 0 Å². The molecule has 0 bridgehead atoms. The summed E-state index contributed by atoms with van der Waals surface area (Å²) in [6, 6.07) is 9.60. The standard InChI is InChI=1S/C13H16N2O2/c1-10-8-11(14-15(10)2)9-17-13-7-5-4-6-12(13)16-3/h4-8H,9H2,1-3H3. The normalized spacial score (nSPS) is 10.3. The van der Waals surface area contributed by atoms with Gasteiger partial charge < -0.3 is 9.47 Å². The number of rotatable bonds is 4. The lowest BCUT2D eigenvalue weighted by molar-refractivity contribution is 0.280. The van der Waals surface area contributed by atoms with E-state index in [1.54, 1.807) is 7.11 Å². The van der Waals surface area contributed by atoms with Gasteiger partial charge in [0.2, 0.25) is 0 Å². The predicted molar refractivity (Wildman–Crippen MR) is 65.3 cm³/mol. The fraction of sp³-hybridized carbons (Fsp3) is 0.308. The summed E-state index contributed by atoms with van der Waals surface area (Å²) in [6.07, 6.45) is 0. The minimum Gasteiger partial charge on any atom is -0.493 e. The molecule has 0 spiro atoms. The average Bonchev–Trinajstić information content (AvgIpc) is 2.66. The molecule has 4 heteroatoms. The molecule has 1 aromatic carbocycles. The molecule has 0 unspecified atom stereocenters. The minimum atomic E-state index is 0.446. The summed E-state index contributed by atoms with van der Waals surface area (Å²) in [5, 5.41) is 4.33. The van der Waals surface area contributed by atoms with Crippen LogP contribution in [-0.2, 0) is 13.7 Å². The Kier molecular flexibility index (Phi) is 3.32. The van der Waals surface area contributed by atoms with Crippen LogP contribution in [0.3, 0.4) is 0 Å². The SMILES string of the molecule is COc1ccccc1OCc1cc(C)n(C)n1. The van der Waals surface area contributed by atoms with Gasteiger partial charge in [-0.2, -0.15) is 5.10 Å². The van der Waals surface area contributed by atoms with E-state index in [1.165, 1.54) is 0 Å². The molecular weight excluding hydrogens is 216 g/mol. The van der Waals surface area contributed by atoms with Crippen LogP contribution in [0.4, 0.5) is 0 Å². The number of aromatic nitrogens is 2. The van der Waals surface area contributed by atoms with Crippen molar-refractivity contribution in [1.82, 2.24) is 9.78 Å². The maximum absolute atomic E-state index is 5.68. The second kappa shape index (κ2) is 4.91. The highest BCUT2D eigenvalue weighted by Gasteiger charge is 2.05. The Labute approximate surface area is 101 Å². The molecule has 0 amide bonds. The minimum absolute atomic E-state index is 0.446. The fourth-order valence-corrected chi connectivity index (χ4v) is 1.60. The van der Waals surface area contributed by atoms with Crippen LogP contribution in [0.2, 0.25) is 0 Å². The number of aryl methyl sites for hydroxylation is 2. The van der Waals surface area contributed by atoms with Gasteiger partial charge in [-0.05, 0) is 25.1 Å². The van der Waals surface area contributed by atoms with Crippen LogP contribution < -0.4 is 9.47 Å². The van der Waals surface area contributed by atoms with Crippen molar-refractivity contribution in [3.8, 4) is 11.5 Å². The van der Waals surface area contributed by atoms with E-state index >= 15 is 0 Å². The number of hydrogen-bond acceptors (Lipinski definition) is 3. The summed E-state index contributed by atoms with van der Waals surface area (Å²) in [7, 11) is 3.55. The molecule has 0 N–H and O–H groups in total. The van der Waals surface area contributed by atoms with E-state index in [0.717, 1.165) is 22.9 Å². The van der Waals surface area contributed by atoms with Crippen LogP contribution in [0.25, 0.3) is 0 Å². The number of methoxy groups -OCH3 is 1. The Morgan fingerprint density at radius 1 is 1.24 bits per heavy atom. The molecule has 0 radical (unpaired) electrons. The molecule has 1 aromatic heterocycles. The van der Waals surface area contributed by atoms with Crippen LogP contribution in [-0.4, -0.2) is 16.9 Å². The average molecular weight is 232 g/mol. The predicted octanol–water partition coefficient (Wildman–Crippen LogP) is 2.32. The van der Waals surface area contributed by atoms with Crippen molar-refractivity contribution < 1.29 is 9.47 Å². The molecule has 1 heterocycles. The van der Waals surface area contributed by atoms with Crippen LogP contribution in [0.15, 0.2) is 30.3 Å². The highest BCUT2D eigenvalue weighted by Crippen LogP contribution is 2.26. The third kappa shape index (κ3) is 2.58. The first-order valence-electron chi connectivity index (χ1n) is 5.46. The molecule has 0 aliphatic carbocycles. The lowest BCUT2D eigenvalue weighted by Crippen LogP contribution is -1.99. The van der Waals surface area contributed by atoms with Crippen LogP contribution in [0.5, 0.6) is 11.5 Å². The Morgan fingerprint density at radius 3 is 2.53 bits per heavy atom. The van der Waals surface area contributed by atoms with Gasteiger partial charge in [-0.15, -0.1) is 0 Å². The van der Waals surface area contributed by atoms with Gasteiger partial charge in [-0.1, -0.05) is 12.1 Å². The zero-order chi connectivity index (χ0) is 12.3. The number of benzene rings is 1. The summed E-state index contributed by atoms with van der Waals surface area (Å²) in [5.74, 6) is 1.47. The van der Waals surface area contributed by atoms with E-state index < -0.39 is 0 Å². The maximum Gasteiger partial charge on any atom is 0.161 e. The molecule has 90 valence electrons. The fourth-order valence-electron chi connectivity index (χ4n) is 1.60. The van der Waals surface area contributed by atoms with E-state index in [0.29, 0.717) is 6.61 Å². The van der Waals surface area contributed by atoms with Gasteiger partial charge in [-0.25, -0.2) is 0 Å².